The van der Waals surface area contributed by atoms with Crippen molar-refractivity contribution in [3.05, 3.63) is 35.9 Å². The molecule has 1 aromatic rings. The third kappa shape index (κ3) is 3.38. The molecule has 0 aliphatic carbocycles. The van der Waals surface area contributed by atoms with Gasteiger partial charge in [-0.2, -0.15) is 0 Å². The number of amides is 2. The number of primary amides is 1. The summed E-state index contributed by atoms with van der Waals surface area (Å²) in [7, 11) is 0. The molecule has 16 heavy (non-hydrogen) atoms. The van der Waals surface area contributed by atoms with Gasteiger partial charge in [-0.1, -0.05) is 37.3 Å². The Morgan fingerprint density at radius 1 is 1.31 bits per heavy atom. The van der Waals surface area contributed by atoms with E-state index in [1.54, 1.807) is 24.3 Å². The first kappa shape index (κ1) is 12.2. The summed E-state index contributed by atoms with van der Waals surface area (Å²) in [5, 5.41) is 2.62. The minimum Gasteiger partial charge on any atom is -0.368 e. The van der Waals surface area contributed by atoms with E-state index in [0.29, 0.717) is 12.0 Å². The predicted molar refractivity (Wildman–Crippen MR) is 61.4 cm³/mol. The van der Waals surface area contributed by atoms with Crippen LogP contribution in [0.15, 0.2) is 30.3 Å². The zero-order valence-electron chi connectivity index (χ0n) is 9.27. The lowest BCUT2D eigenvalue weighted by Gasteiger charge is -2.15. The molecule has 0 unspecified atom stereocenters. The fourth-order valence-corrected chi connectivity index (χ4v) is 1.42. The molecule has 4 heteroatoms. The largest absolute Gasteiger partial charge is 0.368 e. The highest BCUT2D eigenvalue weighted by Gasteiger charge is 2.19. The second-order valence-corrected chi connectivity index (χ2v) is 3.56. The third-order valence-corrected chi connectivity index (χ3v) is 2.20. The summed E-state index contributed by atoms with van der Waals surface area (Å²) >= 11 is 0. The van der Waals surface area contributed by atoms with Crippen LogP contribution < -0.4 is 11.1 Å². The summed E-state index contributed by atoms with van der Waals surface area (Å²) in [5.74, 6) is -0.703. The van der Waals surface area contributed by atoms with Crippen LogP contribution in [-0.4, -0.2) is 11.8 Å². The quantitative estimate of drug-likeness (QED) is 0.780. The van der Waals surface area contributed by atoms with E-state index in [2.05, 4.69) is 5.32 Å². The predicted octanol–water partition coefficient (Wildman–Crippen LogP) is 1.13. The van der Waals surface area contributed by atoms with E-state index < -0.39 is 11.9 Å². The van der Waals surface area contributed by atoms with Crippen molar-refractivity contribution < 1.29 is 9.59 Å². The van der Waals surface area contributed by atoms with Gasteiger partial charge < -0.3 is 11.1 Å². The number of hydrogen-bond donors (Lipinski definition) is 2. The average molecular weight is 220 g/mol. The van der Waals surface area contributed by atoms with E-state index in [4.69, 9.17) is 5.73 Å². The molecule has 0 heterocycles. The number of nitrogens with two attached hydrogens (primary N) is 1. The number of carbonyl (C=O) groups excluding carboxylic acids is 2. The van der Waals surface area contributed by atoms with Gasteiger partial charge in [-0.3, -0.25) is 9.59 Å². The minimum atomic E-state index is -0.736. The van der Waals surface area contributed by atoms with Crippen LogP contribution in [0, 0.1) is 0 Å². The van der Waals surface area contributed by atoms with Gasteiger partial charge in [0.05, 0.1) is 0 Å². The Kier molecular flexibility index (Phi) is 4.51. The Morgan fingerprint density at radius 3 is 2.44 bits per heavy atom. The second kappa shape index (κ2) is 5.90. The summed E-state index contributed by atoms with van der Waals surface area (Å²) in [6.45, 7) is 1.90. The average Bonchev–Trinajstić information content (AvgIpc) is 2.27. The van der Waals surface area contributed by atoms with Gasteiger partial charge in [0.25, 0.3) is 0 Å². The van der Waals surface area contributed by atoms with Crippen molar-refractivity contribution in [2.75, 3.05) is 0 Å². The molecule has 0 saturated heterocycles. The highest BCUT2D eigenvalue weighted by Crippen LogP contribution is 2.12. The zero-order valence-corrected chi connectivity index (χ0v) is 9.27. The fourth-order valence-electron chi connectivity index (χ4n) is 1.42. The van der Waals surface area contributed by atoms with Crippen LogP contribution in [0.3, 0.4) is 0 Å². The molecule has 2 amide bonds. The maximum atomic E-state index is 11.4. The first-order valence-electron chi connectivity index (χ1n) is 5.28. The monoisotopic (exact) mass is 220 g/mol. The molecule has 0 aromatic heterocycles. The van der Waals surface area contributed by atoms with Gasteiger partial charge in [0, 0.05) is 6.42 Å². The first-order chi connectivity index (χ1) is 7.65. The van der Waals surface area contributed by atoms with Crippen LogP contribution in [0.25, 0.3) is 0 Å². The lowest BCUT2D eigenvalue weighted by molar-refractivity contribution is -0.127. The van der Waals surface area contributed by atoms with Gasteiger partial charge >= 0.3 is 0 Å². The van der Waals surface area contributed by atoms with Gasteiger partial charge in [-0.25, -0.2) is 0 Å². The Morgan fingerprint density at radius 2 is 1.94 bits per heavy atom. The van der Waals surface area contributed by atoms with Crippen molar-refractivity contribution in [3.63, 3.8) is 0 Å². The molecule has 0 radical (unpaired) electrons. The standard InChI is InChI=1S/C12H16N2O2/c1-2-6-10(15)14-11(12(13)16)9-7-4-3-5-8-9/h3-5,7-8,11H,2,6H2,1H3,(H2,13,16)(H,14,15)/t11-/m1/s1. The van der Waals surface area contributed by atoms with E-state index in [-0.39, 0.29) is 5.91 Å². The maximum Gasteiger partial charge on any atom is 0.244 e. The molecule has 0 fully saturated rings. The number of nitrogens with one attached hydrogen (secondary N) is 1. The molecule has 4 nitrogen and oxygen atoms in total. The molecule has 1 atom stereocenters. The van der Waals surface area contributed by atoms with Gasteiger partial charge in [0.2, 0.25) is 11.8 Å². The lowest BCUT2D eigenvalue weighted by Crippen LogP contribution is -2.37. The van der Waals surface area contributed by atoms with Crippen molar-refractivity contribution in [3.8, 4) is 0 Å². The van der Waals surface area contributed by atoms with Crippen molar-refractivity contribution in [1.29, 1.82) is 0 Å². The van der Waals surface area contributed by atoms with Crippen LogP contribution in [-0.2, 0) is 9.59 Å². The van der Waals surface area contributed by atoms with E-state index in [1.807, 2.05) is 13.0 Å². The summed E-state index contributed by atoms with van der Waals surface area (Å²) in [4.78, 5) is 22.7. The van der Waals surface area contributed by atoms with E-state index in [9.17, 15) is 9.59 Å². The number of hydrogen-bond acceptors (Lipinski definition) is 2. The van der Waals surface area contributed by atoms with Crippen molar-refractivity contribution in [2.24, 2.45) is 5.73 Å². The molecule has 0 aliphatic heterocycles. The molecule has 0 saturated carbocycles. The Labute approximate surface area is 94.8 Å². The summed E-state index contributed by atoms with van der Waals surface area (Å²) in [6.07, 6.45) is 1.14. The molecular weight excluding hydrogens is 204 g/mol. The Hall–Kier alpha value is -1.84. The van der Waals surface area contributed by atoms with Crippen LogP contribution in [0.5, 0.6) is 0 Å². The van der Waals surface area contributed by atoms with Crippen molar-refractivity contribution in [2.45, 2.75) is 25.8 Å². The van der Waals surface area contributed by atoms with E-state index in [1.165, 1.54) is 0 Å². The molecule has 0 aliphatic rings. The van der Waals surface area contributed by atoms with E-state index >= 15 is 0 Å². The maximum absolute atomic E-state index is 11.4. The topological polar surface area (TPSA) is 72.2 Å². The highest BCUT2D eigenvalue weighted by atomic mass is 16.2. The summed E-state index contributed by atoms with van der Waals surface area (Å²) < 4.78 is 0. The molecule has 0 bridgehead atoms. The van der Waals surface area contributed by atoms with Gasteiger partial charge in [-0.15, -0.1) is 0 Å². The second-order valence-electron chi connectivity index (χ2n) is 3.56. The lowest BCUT2D eigenvalue weighted by atomic mass is 10.1. The Bertz CT molecular complexity index is 363. The smallest absolute Gasteiger partial charge is 0.244 e. The van der Waals surface area contributed by atoms with Crippen LogP contribution in [0.1, 0.15) is 31.4 Å². The summed E-state index contributed by atoms with van der Waals surface area (Å²) in [5.41, 5.74) is 5.97. The third-order valence-electron chi connectivity index (χ3n) is 2.20. The van der Waals surface area contributed by atoms with Crippen LogP contribution in [0.4, 0.5) is 0 Å². The fraction of sp³-hybridized carbons (Fsp3) is 0.333. The molecular formula is C12H16N2O2. The first-order valence-corrected chi connectivity index (χ1v) is 5.28. The van der Waals surface area contributed by atoms with Crippen molar-refractivity contribution in [1.82, 2.24) is 5.32 Å². The number of rotatable bonds is 5. The van der Waals surface area contributed by atoms with E-state index in [0.717, 1.165) is 6.42 Å². The molecule has 0 spiro atoms. The van der Waals surface area contributed by atoms with Crippen molar-refractivity contribution >= 4 is 11.8 Å². The van der Waals surface area contributed by atoms with Gasteiger partial charge in [0.15, 0.2) is 0 Å². The van der Waals surface area contributed by atoms with Gasteiger partial charge in [0.1, 0.15) is 6.04 Å². The molecule has 1 rings (SSSR count). The molecule has 1 aromatic carbocycles. The highest BCUT2D eigenvalue weighted by molar-refractivity contribution is 5.87. The molecule has 86 valence electrons. The van der Waals surface area contributed by atoms with Crippen LogP contribution in [0.2, 0.25) is 0 Å². The minimum absolute atomic E-state index is 0.157. The Balaban J connectivity index is 2.77. The normalized spacial score (nSPS) is 11.8. The number of carbonyl (C=O) groups is 2. The zero-order chi connectivity index (χ0) is 12.0. The van der Waals surface area contributed by atoms with Gasteiger partial charge in [-0.05, 0) is 12.0 Å². The SMILES string of the molecule is CCCC(=O)N[C@@H](C(N)=O)c1ccccc1. The van der Waals surface area contributed by atoms with Crippen LogP contribution >= 0.6 is 0 Å². The summed E-state index contributed by atoms with van der Waals surface area (Å²) in [6, 6.07) is 8.24. The number of benzene rings is 1. The molecule has 3 N–H and O–H groups in total.